The molecule has 0 fully saturated rings. The van der Waals surface area contributed by atoms with Gasteiger partial charge in [0, 0.05) is 18.0 Å². The average molecular weight is 229 g/mol. The summed E-state index contributed by atoms with van der Waals surface area (Å²) in [4.78, 5) is 3.94. The van der Waals surface area contributed by atoms with Gasteiger partial charge in [0.15, 0.2) is 0 Å². The lowest BCUT2D eigenvalue weighted by Gasteiger charge is -2.15. The molecule has 0 aliphatic rings. The Morgan fingerprint density at radius 3 is 2.59 bits per heavy atom. The highest BCUT2D eigenvalue weighted by atomic mass is 16.5. The van der Waals surface area contributed by atoms with E-state index in [9.17, 15) is 5.11 Å². The van der Waals surface area contributed by atoms with Gasteiger partial charge in [-0.1, -0.05) is 18.2 Å². The molecule has 0 spiro atoms. The molecule has 3 heteroatoms. The van der Waals surface area contributed by atoms with Gasteiger partial charge in [0.2, 0.25) is 0 Å². The molecule has 0 amide bonds. The Bertz CT molecular complexity index is 471. The maximum absolute atomic E-state index is 10.3. The molecule has 1 aromatic heterocycles. The fourth-order valence-electron chi connectivity index (χ4n) is 1.72. The molecule has 1 heterocycles. The number of pyridine rings is 1. The standard InChI is InChI=1S/C14H15NO2/c1-2-17-13-6-4-3-5-12(13)14(16)11-7-9-15-10-8-11/h3-10,14,16H,2H2,1H3. The third kappa shape index (κ3) is 2.63. The van der Waals surface area contributed by atoms with Crippen LogP contribution in [0.4, 0.5) is 0 Å². The van der Waals surface area contributed by atoms with Gasteiger partial charge in [0.05, 0.1) is 6.61 Å². The van der Waals surface area contributed by atoms with Gasteiger partial charge in [-0.3, -0.25) is 4.98 Å². The summed E-state index contributed by atoms with van der Waals surface area (Å²) in [6.45, 7) is 2.51. The molecule has 3 nitrogen and oxygen atoms in total. The van der Waals surface area contributed by atoms with E-state index < -0.39 is 6.10 Å². The fraction of sp³-hybridized carbons (Fsp3) is 0.214. The Morgan fingerprint density at radius 1 is 1.18 bits per heavy atom. The number of hydrogen-bond donors (Lipinski definition) is 1. The minimum absolute atomic E-state index is 0.583. The minimum Gasteiger partial charge on any atom is -0.493 e. The van der Waals surface area contributed by atoms with E-state index in [1.807, 2.05) is 31.2 Å². The lowest BCUT2D eigenvalue weighted by Crippen LogP contribution is -2.03. The molecule has 1 unspecified atom stereocenters. The van der Waals surface area contributed by atoms with Crippen molar-refractivity contribution in [2.75, 3.05) is 6.61 Å². The Balaban J connectivity index is 2.33. The van der Waals surface area contributed by atoms with Crippen molar-refractivity contribution in [1.82, 2.24) is 4.98 Å². The fourth-order valence-corrected chi connectivity index (χ4v) is 1.72. The van der Waals surface area contributed by atoms with Crippen LogP contribution in [-0.4, -0.2) is 16.7 Å². The summed E-state index contributed by atoms with van der Waals surface area (Å²) in [6.07, 6.45) is 2.66. The number of ether oxygens (including phenoxy) is 1. The highest BCUT2D eigenvalue weighted by Crippen LogP contribution is 2.29. The summed E-state index contributed by atoms with van der Waals surface area (Å²) in [5.41, 5.74) is 1.59. The monoisotopic (exact) mass is 229 g/mol. The van der Waals surface area contributed by atoms with Gasteiger partial charge in [0.1, 0.15) is 11.9 Å². The molecule has 0 radical (unpaired) electrons. The molecule has 2 rings (SSSR count). The first-order chi connectivity index (χ1) is 8.33. The predicted octanol–water partition coefficient (Wildman–Crippen LogP) is 2.56. The van der Waals surface area contributed by atoms with Gasteiger partial charge in [0.25, 0.3) is 0 Å². The maximum Gasteiger partial charge on any atom is 0.125 e. The first-order valence-corrected chi connectivity index (χ1v) is 5.62. The van der Waals surface area contributed by atoms with E-state index in [0.29, 0.717) is 6.61 Å². The van der Waals surface area contributed by atoms with Crippen LogP contribution < -0.4 is 4.74 Å². The van der Waals surface area contributed by atoms with Crippen molar-refractivity contribution in [2.45, 2.75) is 13.0 Å². The van der Waals surface area contributed by atoms with E-state index in [2.05, 4.69) is 4.98 Å². The van der Waals surface area contributed by atoms with Gasteiger partial charge in [-0.05, 0) is 30.7 Å². The second kappa shape index (κ2) is 5.46. The van der Waals surface area contributed by atoms with Crippen molar-refractivity contribution in [3.63, 3.8) is 0 Å². The second-order valence-corrected chi connectivity index (χ2v) is 3.65. The summed E-state index contributed by atoms with van der Waals surface area (Å²) < 4.78 is 5.50. The van der Waals surface area contributed by atoms with E-state index in [-0.39, 0.29) is 0 Å². The molecule has 1 N–H and O–H groups in total. The van der Waals surface area contributed by atoms with Crippen molar-refractivity contribution >= 4 is 0 Å². The van der Waals surface area contributed by atoms with Crippen molar-refractivity contribution in [3.8, 4) is 5.75 Å². The number of para-hydroxylation sites is 1. The molecule has 1 aromatic carbocycles. The number of benzene rings is 1. The number of hydrogen-bond acceptors (Lipinski definition) is 3. The van der Waals surface area contributed by atoms with Crippen LogP contribution in [0.2, 0.25) is 0 Å². The number of aliphatic hydroxyl groups excluding tert-OH is 1. The SMILES string of the molecule is CCOc1ccccc1C(O)c1ccncc1. The lowest BCUT2D eigenvalue weighted by molar-refractivity contribution is 0.212. The molecule has 0 bridgehead atoms. The summed E-state index contributed by atoms with van der Waals surface area (Å²) in [5.74, 6) is 0.722. The van der Waals surface area contributed by atoms with Crippen molar-refractivity contribution in [2.24, 2.45) is 0 Å². The van der Waals surface area contributed by atoms with Gasteiger partial charge in [-0.25, -0.2) is 0 Å². The third-order valence-corrected chi connectivity index (χ3v) is 2.54. The second-order valence-electron chi connectivity index (χ2n) is 3.65. The molecular weight excluding hydrogens is 214 g/mol. The summed E-state index contributed by atoms with van der Waals surface area (Å²) >= 11 is 0. The molecule has 0 aliphatic heterocycles. The highest BCUT2D eigenvalue weighted by Gasteiger charge is 2.14. The van der Waals surface area contributed by atoms with Gasteiger partial charge in [-0.15, -0.1) is 0 Å². The number of nitrogens with zero attached hydrogens (tertiary/aromatic N) is 1. The highest BCUT2D eigenvalue weighted by molar-refractivity contribution is 5.39. The summed E-state index contributed by atoms with van der Waals surface area (Å²) in [6, 6.07) is 11.1. The number of aliphatic hydroxyl groups is 1. The van der Waals surface area contributed by atoms with Gasteiger partial charge < -0.3 is 9.84 Å². The van der Waals surface area contributed by atoms with Crippen molar-refractivity contribution in [3.05, 3.63) is 59.9 Å². The number of aromatic nitrogens is 1. The van der Waals surface area contributed by atoms with E-state index in [4.69, 9.17) is 4.74 Å². The van der Waals surface area contributed by atoms with Gasteiger partial charge in [-0.2, -0.15) is 0 Å². The molecule has 0 saturated heterocycles. The van der Waals surface area contributed by atoms with E-state index in [1.54, 1.807) is 24.5 Å². The van der Waals surface area contributed by atoms with Crippen LogP contribution in [0, 0.1) is 0 Å². The van der Waals surface area contributed by atoms with Crippen LogP contribution in [-0.2, 0) is 0 Å². The minimum atomic E-state index is -0.680. The Hall–Kier alpha value is -1.87. The van der Waals surface area contributed by atoms with Crippen LogP contribution in [0.1, 0.15) is 24.2 Å². The van der Waals surface area contributed by atoms with Crippen LogP contribution in [0.5, 0.6) is 5.75 Å². The Labute approximate surface area is 101 Å². The van der Waals surface area contributed by atoms with Crippen LogP contribution >= 0.6 is 0 Å². The maximum atomic E-state index is 10.3. The molecule has 2 aromatic rings. The van der Waals surface area contributed by atoms with Crippen molar-refractivity contribution < 1.29 is 9.84 Å². The van der Waals surface area contributed by atoms with Crippen molar-refractivity contribution in [1.29, 1.82) is 0 Å². The molecule has 88 valence electrons. The normalized spacial score (nSPS) is 12.1. The largest absolute Gasteiger partial charge is 0.493 e. The Kier molecular flexibility index (Phi) is 3.73. The summed E-state index contributed by atoms with van der Waals surface area (Å²) in [7, 11) is 0. The Morgan fingerprint density at radius 2 is 1.88 bits per heavy atom. The van der Waals surface area contributed by atoms with Crippen LogP contribution in [0.15, 0.2) is 48.8 Å². The zero-order valence-corrected chi connectivity index (χ0v) is 9.71. The number of rotatable bonds is 4. The molecule has 17 heavy (non-hydrogen) atoms. The van der Waals surface area contributed by atoms with E-state index in [1.165, 1.54) is 0 Å². The van der Waals surface area contributed by atoms with E-state index in [0.717, 1.165) is 16.9 Å². The molecular formula is C14H15NO2. The quantitative estimate of drug-likeness (QED) is 0.876. The predicted molar refractivity (Wildman–Crippen MR) is 65.9 cm³/mol. The van der Waals surface area contributed by atoms with Crippen LogP contribution in [0.3, 0.4) is 0 Å². The van der Waals surface area contributed by atoms with E-state index >= 15 is 0 Å². The zero-order valence-electron chi connectivity index (χ0n) is 9.71. The summed E-state index contributed by atoms with van der Waals surface area (Å²) in [5, 5.41) is 10.3. The smallest absolute Gasteiger partial charge is 0.125 e. The lowest BCUT2D eigenvalue weighted by atomic mass is 10.0. The zero-order chi connectivity index (χ0) is 12.1. The molecule has 0 aliphatic carbocycles. The topological polar surface area (TPSA) is 42.4 Å². The third-order valence-electron chi connectivity index (χ3n) is 2.54. The van der Waals surface area contributed by atoms with Crippen LogP contribution in [0.25, 0.3) is 0 Å². The molecule has 0 saturated carbocycles. The van der Waals surface area contributed by atoms with Gasteiger partial charge >= 0.3 is 0 Å². The average Bonchev–Trinajstić information content (AvgIpc) is 2.40. The molecule has 1 atom stereocenters. The first kappa shape index (κ1) is 11.6. The first-order valence-electron chi connectivity index (χ1n) is 5.62.